The van der Waals surface area contributed by atoms with Crippen molar-refractivity contribution >= 4 is 45.1 Å². The summed E-state index contributed by atoms with van der Waals surface area (Å²) in [6, 6.07) is 4.16. The number of likely N-dealkylation sites (tertiary alicyclic amines) is 1. The number of nitrogens with two attached hydrogens (primary N) is 1. The molecule has 3 heterocycles. The summed E-state index contributed by atoms with van der Waals surface area (Å²) in [7, 11) is -1.12. The van der Waals surface area contributed by atoms with Gasteiger partial charge in [0.15, 0.2) is 0 Å². The molecule has 310 valence electrons. The highest BCUT2D eigenvalue weighted by molar-refractivity contribution is 7.87. The fourth-order valence-electron chi connectivity index (χ4n) is 6.88. The van der Waals surface area contributed by atoms with Gasteiger partial charge in [0.25, 0.3) is 6.01 Å². The van der Waals surface area contributed by atoms with Crippen molar-refractivity contribution in [1.82, 2.24) is 38.8 Å². The van der Waals surface area contributed by atoms with Crippen LogP contribution < -0.4 is 20.5 Å². The Labute approximate surface area is 333 Å². The van der Waals surface area contributed by atoms with Crippen LogP contribution in [0, 0.1) is 11.8 Å². The van der Waals surface area contributed by atoms with E-state index in [0.29, 0.717) is 24.4 Å². The number of fused-ring (bicyclic) bond motifs is 1. The summed E-state index contributed by atoms with van der Waals surface area (Å²) >= 11 is 0. The average Bonchev–Trinajstić information content (AvgIpc) is 3.63. The normalized spacial score (nSPS) is 20.3. The van der Waals surface area contributed by atoms with Crippen LogP contribution >= 0.6 is 0 Å². The molecule has 1 saturated carbocycles. The van der Waals surface area contributed by atoms with Crippen molar-refractivity contribution in [1.29, 1.82) is 0 Å². The zero-order valence-corrected chi connectivity index (χ0v) is 34.5. The van der Waals surface area contributed by atoms with E-state index in [1.807, 2.05) is 48.8 Å². The smallest absolute Gasteiger partial charge is 0.408 e. The van der Waals surface area contributed by atoms with Crippen molar-refractivity contribution in [2.75, 3.05) is 20.6 Å². The zero-order valence-electron chi connectivity index (χ0n) is 33.7. The van der Waals surface area contributed by atoms with Gasteiger partial charge in [-0.3, -0.25) is 19.0 Å². The number of imidazole rings is 1. The van der Waals surface area contributed by atoms with Crippen LogP contribution in [0.4, 0.5) is 4.79 Å². The summed E-state index contributed by atoms with van der Waals surface area (Å²) in [6.45, 7) is 9.26. The Morgan fingerprint density at radius 3 is 2.44 bits per heavy atom. The molecule has 0 bridgehead atoms. The third-order valence-corrected chi connectivity index (χ3v) is 11.3. The predicted octanol–water partition coefficient (Wildman–Crippen LogP) is 3.87. The van der Waals surface area contributed by atoms with Crippen LogP contribution in [0.1, 0.15) is 85.6 Å². The molecule has 4 amide bonds. The second-order valence-electron chi connectivity index (χ2n) is 16.1. The summed E-state index contributed by atoms with van der Waals surface area (Å²) in [5.74, 6) is -2.05. The number of benzene rings is 1. The molecule has 2 aliphatic rings. The Hall–Kier alpha value is -5.10. The summed E-state index contributed by atoms with van der Waals surface area (Å²) in [4.78, 5) is 66.8. The van der Waals surface area contributed by atoms with Crippen molar-refractivity contribution in [3.8, 4) is 17.1 Å². The van der Waals surface area contributed by atoms with Crippen molar-refractivity contribution in [2.24, 2.45) is 17.6 Å². The number of carbonyl (C=O) groups excluding carboxylic acids is 4. The SMILES string of the molecule is CC(C)n1c(OC2C[C@@H](C(N)=O)N(C(=O)[C@H](CCCCC/C=C\[C@@H]3C[C@@H]3C(=O)NS(=O)(=O)N(C)C)NC(=O)OC(C)(C)C)C2)nc2c(-c3cncnc3)cccc21. The molecular weight excluding hydrogens is 755 g/mol. The number of alkyl carbamates (subject to hydrolysis) is 1. The van der Waals surface area contributed by atoms with Crippen molar-refractivity contribution < 1.29 is 37.1 Å². The number of primary amides is 1. The van der Waals surface area contributed by atoms with Gasteiger partial charge in [-0.1, -0.05) is 37.1 Å². The van der Waals surface area contributed by atoms with Gasteiger partial charge >= 0.3 is 16.3 Å². The van der Waals surface area contributed by atoms with Crippen LogP contribution in [0.25, 0.3) is 22.2 Å². The number of nitrogens with one attached hydrogen (secondary N) is 2. The van der Waals surface area contributed by atoms with Gasteiger partial charge in [0.05, 0.1) is 12.1 Å². The largest absolute Gasteiger partial charge is 0.459 e. The van der Waals surface area contributed by atoms with E-state index in [9.17, 15) is 27.6 Å². The monoisotopic (exact) mass is 809 g/mol. The maximum Gasteiger partial charge on any atom is 0.408 e. The standard InChI is InChI=1S/C39H55N9O8S/c1-24(2)48-31-17-13-15-28(26-20-41-23-42-21-26)33(31)44-37(48)55-27-19-32(34(40)49)47(22-27)36(51)30(43-38(52)56-39(3,4)5)16-12-10-8-9-11-14-25-18-29(25)35(50)45-57(53,54)46(6)7/h11,13-15,17,20-21,23-25,27,29-30,32H,8-10,12,16,18-19,22H2,1-7H3,(H2,40,49)(H,43,52)(H,45,50)/b14-11-/t25-,27?,29+,30+,32+/m1/s1. The lowest BCUT2D eigenvalue weighted by molar-refractivity contribution is -0.139. The molecule has 1 aliphatic carbocycles. The molecule has 5 atom stereocenters. The minimum Gasteiger partial charge on any atom is -0.459 e. The fraction of sp³-hybridized carbons (Fsp3) is 0.564. The number of ether oxygens (including phenoxy) is 2. The summed E-state index contributed by atoms with van der Waals surface area (Å²) in [5.41, 5.74) is 8.22. The van der Waals surface area contributed by atoms with E-state index in [4.69, 9.17) is 20.2 Å². The molecule has 17 nitrogen and oxygen atoms in total. The van der Waals surface area contributed by atoms with E-state index in [1.165, 1.54) is 25.3 Å². The maximum atomic E-state index is 14.2. The second kappa shape index (κ2) is 18.0. The topological polar surface area (TPSA) is 221 Å². The first-order chi connectivity index (χ1) is 26.9. The van der Waals surface area contributed by atoms with Crippen LogP contribution in [0.3, 0.4) is 0 Å². The van der Waals surface area contributed by atoms with E-state index in [1.54, 1.807) is 33.2 Å². The summed E-state index contributed by atoms with van der Waals surface area (Å²) < 4.78 is 40.9. The van der Waals surface area contributed by atoms with Gasteiger partial charge in [-0.05, 0) is 72.3 Å². The number of unbranched alkanes of at least 4 members (excludes halogenated alkanes) is 3. The molecule has 1 aromatic carbocycles. The Kier molecular flexibility index (Phi) is 13.6. The van der Waals surface area contributed by atoms with Gasteiger partial charge in [0.1, 0.15) is 35.6 Å². The third-order valence-electron chi connectivity index (χ3n) is 9.84. The fourth-order valence-corrected chi connectivity index (χ4v) is 7.47. The lowest BCUT2D eigenvalue weighted by Gasteiger charge is -2.28. The van der Waals surface area contributed by atoms with Crippen LogP contribution in [-0.4, -0.2) is 105 Å². The highest BCUT2D eigenvalue weighted by atomic mass is 32.2. The van der Waals surface area contributed by atoms with Gasteiger partial charge in [0, 0.05) is 56.0 Å². The number of hydrogen-bond acceptors (Lipinski definition) is 11. The molecule has 57 heavy (non-hydrogen) atoms. The maximum absolute atomic E-state index is 14.2. The molecule has 0 spiro atoms. The van der Waals surface area contributed by atoms with Crippen molar-refractivity contribution in [2.45, 2.75) is 109 Å². The molecule has 1 aliphatic heterocycles. The molecule has 2 aromatic heterocycles. The van der Waals surface area contributed by atoms with Crippen LogP contribution in [0.15, 0.2) is 49.1 Å². The van der Waals surface area contributed by atoms with Gasteiger partial charge in [0.2, 0.25) is 17.7 Å². The Morgan fingerprint density at radius 2 is 1.79 bits per heavy atom. The lowest BCUT2D eigenvalue weighted by Crippen LogP contribution is -2.53. The lowest BCUT2D eigenvalue weighted by atomic mass is 10.0. The number of hydrogen-bond donors (Lipinski definition) is 3. The molecule has 18 heteroatoms. The molecule has 1 unspecified atom stereocenters. The van der Waals surface area contributed by atoms with Crippen molar-refractivity contribution in [3.63, 3.8) is 0 Å². The average molecular weight is 810 g/mol. The number of nitrogens with zero attached hydrogens (tertiary/aromatic N) is 6. The van der Waals surface area contributed by atoms with E-state index in [-0.39, 0.29) is 37.3 Å². The van der Waals surface area contributed by atoms with E-state index in [2.05, 4.69) is 20.0 Å². The number of amides is 4. The summed E-state index contributed by atoms with van der Waals surface area (Å²) in [6.07, 6.45) is 11.3. The number of allylic oxidation sites excluding steroid dienone is 2. The first-order valence-corrected chi connectivity index (χ1v) is 20.7. The molecule has 2 fully saturated rings. The number of rotatable bonds is 17. The molecular formula is C39H55N9O8S. The molecule has 1 saturated heterocycles. The van der Waals surface area contributed by atoms with Gasteiger partial charge in [-0.2, -0.15) is 17.7 Å². The van der Waals surface area contributed by atoms with Gasteiger partial charge in [-0.15, -0.1) is 0 Å². The third kappa shape index (κ3) is 11.1. The predicted molar refractivity (Wildman–Crippen MR) is 213 cm³/mol. The molecule has 5 rings (SSSR count). The zero-order chi connectivity index (χ0) is 41.7. The van der Waals surface area contributed by atoms with Gasteiger partial charge in [-0.25, -0.2) is 19.5 Å². The first kappa shape index (κ1) is 43.0. The number of para-hydroxylation sites is 1. The van der Waals surface area contributed by atoms with Crippen LogP contribution in [-0.2, 0) is 29.3 Å². The Morgan fingerprint density at radius 1 is 1.07 bits per heavy atom. The quantitative estimate of drug-likeness (QED) is 0.131. The highest BCUT2D eigenvalue weighted by Crippen LogP contribution is 2.40. The molecule has 4 N–H and O–H groups in total. The summed E-state index contributed by atoms with van der Waals surface area (Å²) in [5, 5.41) is 2.73. The first-order valence-electron chi connectivity index (χ1n) is 19.3. The second-order valence-corrected chi connectivity index (χ2v) is 18.0. The number of carbonyl (C=O) groups is 4. The van der Waals surface area contributed by atoms with Crippen LogP contribution in [0.5, 0.6) is 6.01 Å². The Bertz CT molecular complexity index is 2060. The van der Waals surface area contributed by atoms with Gasteiger partial charge < -0.3 is 25.4 Å². The Balaban J connectivity index is 1.23. The molecule has 3 aromatic rings. The minimum atomic E-state index is -3.83. The molecule has 0 radical (unpaired) electrons. The van der Waals surface area contributed by atoms with E-state index < -0.39 is 57.8 Å². The van der Waals surface area contributed by atoms with E-state index >= 15 is 0 Å². The highest BCUT2D eigenvalue weighted by Gasteiger charge is 2.44. The van der Waals surface area contributed by atoms with Crippen LogP contribution in [0.2, 0.25) is 0 Å². The minimum absolute atomic E-state index is 0.0137. The van der Waals surface area contributed by atoms with E-state index in [0.717, 1.165) is 40.2 Å². The number of aromatic nitrogens is 4. The van der Waals surface area contributed by atoms with Crippen molar-refractivity contribution in [3.05, 3.63) is 49.1 Å².